The summed E-state index contributed by atoms with van der Waals surface area (Å²) in [6.45, 7) is 12.6. The van der Waals surface area contributed by atoms with Crippen molar-refractivity contribution in [1.82, 2.24) is 25.0 Å². The van der Waals surface area contributed by atoms with Crippen molar-refractivity contribution >= 4 is 29.5 Å². The lowest BCUT2D eigenvalue weighted by atomic mass is 9.68. The Morgan fingerprint density at radius 1 is 1.03 bits per heavy atom. The number of rotatable bonds is 20. The highest BCUT2D eigenvalue weighted by atomic mass is 19.1. The lowest BCUT2D eigenvalue weighted by Crippen LogP contribution is -2.48. The van der Waals surface area contributed by atoms with E-state index < -0.39 is 77.2 Å². The third-order valence-corrected chi connectivity index (χ3v) is 11.2. The van der Waals surface area contributed by atoms with Gasteiger partial charge in [0.1, 0.15) is 24.8 Å². The van der Waals surface area contributed by atoms with Gasteiger partial charge >= 0.3 is 0 Å². The minimum absolute atomic E-state index is 0.00447. The van der Waals surface area contributed by atoms with Gasteiger partial charge in [-0.15, -0.1) is 6.58 Å². The van der Waals surface area contributed by atoms with Crippen LogP contribution in [0.2, 0.25) is 0 Å². The van der Waals surface area contributed by atoms with Gasteiger partial charge in [0, 0.05) is 55.6 Å². The van der Waals surface area contributed by atoms with E-state index in [4.69, 9.17) is 5.73 Å². The number of aromatic nitrogens is 1. The van der Waals surface area contributed by atoms with Crippen LogP contribution in [0.25, 0.3) is 11.1 Å². The molecular weight excluding hydrogens is 747 g/mol. The fraction of sp³-hybridized carbons (Fsp3) is 0.477. The summed E-state index contributed by atoms with van der Waals surface area (Å²) in [6.07, 6.45) is 5.49. The zero-order valence-corrected chi connectivity index (χ0v) is 34.2. The number of allylic oxidation sites excluding steroid dienone is 1. The maximum Gasteiger partial charge on any atom is 0.248 e. The van der Waals surface area contributed by atoms with E-state index in [0.29, 0.717) is 37.1 Å². The molecule has 0 aliphatic carbocycles. The van der Waals surface area contributed by atoms with Gasteiger partial charge < -0.3 is 30.9 Å². The Labute approximate surface area is 339 Å². The van der Waals surface area contributed by atoms with Crippen LogP contribution in [-0.2, 0) is 30.5 Å². The van der Waals surface area contributed by atoms with Gasteiger partial charge in [0.15, 0.2) is 0 Å². The molecule has 4 rings (SSSR count). The number of nitrogens with two attached hydrogens (primary N) is 1. The second-order valence-corrected chi connectivity index (χ2v) is 16.1. The first-order valence-corrected chi connectivity index (χ1v) is 19.8. The van der Waals surface area contributed by atoms with Gasteiger partial charge in [0.25, 0.3) is 0 Å². The third-order valence-electron chi connectivity index (χ3n) is 11.2. The molecule has 1 aliphatic heterocycles. The van der Waals surface area contributed by atoms with Crippen LogP contribution in [0, 0.1) is 28.4 Å². The standard InChI is InChI=1S/C44H58F2N6O6/c1-7-18-44(8-2,9-3)33-24-38(55)52(42(33)58)27-37(54)48-19-20-49-41(57)35(47)17-21-51(39(56)28-53)40(43(4,5)6)36-22-30(32-23-31(45)15-16-34(32)46)26-50(36)25-29-13-11-10-12-14-29/h7,10-16,22-23,26,33,35,40,53H,1,8-9,17-21,24-25,27-28,47H2,2-6H3,(H,48,54)(H,49,57)/t33?,35-,40-/m0/s1. The number of carbonyl (C=O) groups excluding carboxylic acids is 5. The molecule has 1 aliphatic rings. The zero-order chi connectivity index (χ0) is 42.8. The van der Waals surface area contributed by atoms with Crippen molar-refractivity contribution in [3.05, 3.63) is 96.3 Å². The van der Waals surface area contributed by atoms with Crippen molar-refractivity contribution in [2.24, 2.45) is 22.5 Å². The van der Waals surface area contributed by atoms with Gasteiger partial charge in [-0.1, -0.05) is 71.0 Å². The number of hydrogen-bond donors (Lipinski definition) is 4. The number of halogens is 2. The van der Waals surface area contributed by atoms with E-state index in [0.717, 1.165) is 28.7 Å². The van der Waals surface area contributed by atoms with Crippen molar-refractivity contribution in [1.29, 1.82) is 0 Å². The fourth-order valence-corrected chi connectivity index (χ4v) is 8.02. The molecule has 1 fully saturated rings. The summed E-state index contributed by atoms with van der Waals surface area (Å²) in [6, 6.07) is 12.7. The number of aliphatic hydroxyl groups excluding tert-OH is 1. The second kappa shape index (κ2) is 20.0. The minimum Gasteiger partial charge on any atom is -0.387 e. The topological polar surface area (TPSA) is 167 Å². The maximum absolute atomic E-state index is 15.1. The Hall–Kier alpha value is -5.21. The highest BCUT2D eigenvalue weighted by Crippen LogP contribution is 2.45. The zero-order valence-electron chi connectivity index (χ0n) is 34.2. The summed E-state index contributed by atoms with van der Waals surface area (Å²) in [7, 11) is 0. The van der Waals surface area contributed by atoms with Gasteiger partial charge in [-0.3, -0.25) is 28.9 Å². The lowest BCUT2D eigenvalue weighted by Gasteiger charge is -2.41. The Morgan fingerprint density at radius 2 is 1.71 bits per heavy atom. The number of imide groups is 1. The van der Waals surface area contributed by atoms with Gasteiger partial charge in [-0.25, -0.2) is 8.78 Å². The average Bonchev–Trinajstić information content (AvgIpc) is 3.72. The number of nitrogens with zero attached hydrogens (tertiary/aromatic N) is 3. The van der Waals surface area contributed by atoms with Crippen molar-refractivity contribution in [3.8, 4) is 11.1 Å². The number of amides is 5. The molecule has 0 saturated carbocycles. The number of hydrogen-bond acceptors (Lipinski definition) is 7. The van der Waals surface area contributed by atoms with Crippen molar-refractivity contribution in [2.75, 3.05) is 32.8 Å². The van der Waals surface area contributed by atoms with Crippen LogP contribution in [0.1, 0.15) is 84.0 Å². The van der Waals surface area contributed by atoms with Crippen LogP contribution >= 0.6 is 0 Å². The molecule has 314 valence electrons. The Balaban J connectivity index is 1.43. The largest absolute Gasteiger partial charge is 0.387 e. The first kappa shape index (κ1) is 45.5. The van der Waals surface area contributed by atoms with E-state index in [1.807, 2.05) is 69.5 Å². The van der Waals surface area contributed by atoms with Crippen LogP contribution in [0.5, 0.6) is 0 Å². The molecule has 12 nitrogen and oxygen atoms in total. The summed E-state index contributed by atoms with van der Waals surface area (Å²) in [4.78, 5) is 67.8. The maximum atomic E-state index is 15.1. The monoisotopic (exact) mass is 804 g/mol. The summed E-state index contributed by atoms with van der Waals surface area (Å²) in [5.74, 6) is -4.20. The molecule has 0 bridgehead atoms. The van der Waals surface area contributed by atoms with Gasteiger partial charge in [0.2, 0.25) is 29.5 Å². The van der Waals surface area contributed by atoms with Crippen LogP contribution in [0.3, 0.4) is 0 Å². The van der Waals surface area contributed by atoms with E-state index in [1.54, 1.807) is 18.3 Å². The Morgan fingerprint density at radius 3 is 2.33 bits per heavy atom. The third kappa shape index (κ3) is 10.8. The number of aliphatic hydroxyl groups is 1. The summed E-state index contributed by atoms with van der Waals surface area (Å²) >= 11 is 0. The first-order chi connectivity index (χ1) is 27.5. The van der Waals surface area contributed by atoms with Crippen LogP contribution in [0.4, 0.5) is 8.78 Å². The number of carbonyl (C=O) groups is 5. The lowest BCUT2D eigenvalue weighted by molar-refractivity contribution is -0.144. The molecule has 0 radical (unpaired) electrons. The fourth-order valence-electron chi connectivity index (χ4n) is 8.02. The smallest absolute Gasteiger partial charge is 0.248 e. The molecule has 5 amide bonds. The SMILES string of the molecule is C=CCC(CC)(CC)C1CC(=O)N(CC(=O)NCCNC(=O)[C@@H](N)CCN(C(=O)CO)[C@@H](c2cc(-c3cc(F)ccc3F)cn2Cc2ccccc2)C(C)(C)C)C1=O. The van der Waals surface area contributed by atoms with Crippen LogP contribution in [0.15, 0.2) is 73.4 Å². The van der Waals surface area contributed by atoms with E-state index >= 15 is 4.39 Å². The predicted molar refractivity (Wildman–Crippen MR) is 218 cm³/mol. The number of benzene rings is 2. The predicted octanol–water partition coefficient (Wildman–Crippen LogP) is 5.10. The first-order valence-electron chi connectivity index (χ1n) is 19.8. The minimum atomic E-state index is -1.08. The molecule has 5 N–H and O–H groups in total. The molecule has 1 unspecified atom stereocenters. The van der Waals surface area contributed by atoms with Crippen LogP contribution in [-0.4, -0.2) is 87.8 Å². The van der Waals surface area contributed by atoms with E-state index in [-0.39, 0.29) is 43.9 Å². The van der Waals surface area contributed by atoms with E-state index in [9.17, 15) is 33.5 Å². The second-order valence-electron chi connectivity index (χ2n) is 16.1. The van der Waals surface area contributed by atoms with Crippen molar-refractivity contribution in [3.63, 3.8) is 0 Å². The van der Waals surface area contributed by atoms with Crippen LogP contribution < -0.4 is 16.4 Å². The normalized spacial score (nSPS) is 15.6. The number of nitrogens with one attached hydrogen (secondary N) is 2. The molecule has 3 atom stereocenters. The molecule has 3 aromatic rings. The number of likely N-dealkylation sites (tertiary alicyclic amines) is 1. The van der Waals surface area contributed by atoms with Gasteiger partial charge in [-0.05, 0) is 66.3 Å². The molecule has 1 saturated heterocycles. The molecule has 2 aromatic carbocycles. The molecule has 0 spiro atoms. The summed E-state index contributed by atoms with van der Waals surface area (Å²) in [5, 5.41) is 15.4. The average molecular weight is 805 g/mol. The summed E-state index contributed by atoms with van der Waals surface area (Å²) in [5.41, 5.74) is 7.22. The Kier molecular flexibility index (Phi) is 15.7. The van der Waals surface area contributed by atoms with Gasteiger partial charge in [-0.2, -0.15) is 0 Å². The van der Waals surface area contributed by atoms with E-state index in [1.165, 1.54) is 4.90 Å². The summed E-state index contributed by atoms with van der Waals surface area (Å²) < 4.78 is 31.3. The molecule has 1 aromatic heterocycles. The molecule has 2 heterocycles. The molecular formula is C44H58F2N6O6. The van der Waals surface area contributed by atoms with Crippen molar-refractivity contribution in [2.45, 2.75) is 85.4 Å². The Bertz CT molecular complexity index is 1940. The highest BCUT2D eigenvalue weighted by molar-refractivity contribution is 6.06. The van der Waals surface area contributed by atoms with Crippen molar-refractivity contribution < 1.29 is 37.9 Å². The van der Waals surface area contributed by atoms with E-state index in [2.05, 4.69) is 17.2 Å². The highest BCUT2D eigenvalue weighted by Gasteiger charge is 2.49. The molecule has 14 heteroatoms. The van der Waals surface area contributed by atoms with Gasteiger partial charge in [0.05, 0.1) is 18.0 Å². The molecule has 58 heavy (non-hydrogen) atoms. The quantitative estimate of drug-likeness (QED) is 0.0701.